The van der Waals surface area contributed by atoms with Crippen molar-refractivity contribution in [1.29, 1.82) is 0 Å². The van der Waals surface area contributed by atoms with Gasteiger partial charge in [-0.15, -0.1) is 0 Å². The minimum atomic E-state index is -0.938. The molecular weight excluding hydrogens is 234 g/mol. The van der Waals surface area contributed by atoms with Crippen molar-refractivity contribution in [3.63, 3.8) is 0 Å². The first-order valence-electron chi connectivity index (χ1n) is 5.56. The van der Waals surface area contributed by atoms with Crippen LogP contribution in [0, 0.1) is 0 Å². The molecule has 2 aromatic rings. The summed E-state index contributed by atoms with van der Waals surface area (Å²) in [5.74, 6) is -0.938. The van der Waals surface area contributed by atoms with Crippen LogP contribution in [-0.2, 0) is 17.8 Å². The molecule has 0 bridgehead atoms. The fraction of sp³-hybridized carbons (Fsp3) is 0.250. The Morgan fingerprint density at radius 3 is 2.72 bits per heavy atom. The van der Waals surface area contributed by atoms with E-state index in [4.69, 9.17) is 5.11 Å². The second-order valence-electron chi connectivity index (χ2n) is 3.93. The van der Waals surface area contributed by atoms with E-state index < -0.39 is 5.97 Å². The van der Waals surface area contributed by atoms with E-state index in [1.807, 2.05) is 30.3 Å². The Hall–Kier alpha value is -2.37. The third kappa shape index (κ3) is 2.85. The monoisotopic (exact) mass is 247 g/mol. The number of benzene rings is 1. The molecule has 2 N–H and O–H groups in total. The van der Waals surface area contributed by atoms with Crippen LogP contribution in [0.25, 0.3) is 0 Å². The minimum absolute atomic E-state index is 0.0918. The predicted molar refractivity (Wildman–Crippen MR) is 64.3 cm³/mol. The summed E-state index contributed by atoms with van der Waals surface area (Å²) in [7, 11) is 0. The number of nitrogens with one attached hydrogen (secondary N) is 1. The molecule has 6 nitrogen and oxygen atoms in total. The lowest BCUT2D eigenvalue weighted by atomic mass is 10.2. The van der Waals surface area contributed by atoms with Crippen LogP contribution < -0.4 is 5.56 Å². The average molecular weight is 247 g/mol. The molecule has 18 heavy (non-hydrogen) atoms. The van der Waals surface area contributed by atoms with Gasteiger partial charge in [-0.05, 0) is 5.56 Å². The fourth-order valence-corrected chi connectivity index (χ4v) is 1.63. The second kappa shape index (κ2) is 5.31. The number of carboxylic acid groups (broad SMARTS) is 1. The lowest BCUT2D eigenvalue weighted by Gasteiger charge is -1.99. The van der Waals surface area contributed by atoms with Crippen molar-refractivity contribution < 1.29 is 9.90 Å². The highest BCUT2D eigenvalue weighted by atomic mass is 16.4. The number of nitrogens with zero attached hydrogens (tertiary/aromatic N) is 2. The van der Waals surface area contributed by atoms with Crippen LogP contribution in [0.3, 0.4) is 0 Å². The van der Waals surface area contributed by atoms with Crippen LogP contribution in [0.2, 0.25) is 0 Å². The van der Waals surface area contributed by atoms with Gasteiger partial charge in [-0.2, -0.15) is 5.10 Å². The van der Waals surface area contributed by atoms with Gasteiger partial charge in [0.2, 0.25) is 0 Å². The summed E-state index contributed by atoms with van der Waals surface area (Å²) in [6.45, 7) is 0.403. The van der Waals surface area contributed by atoms with Crippen LogP contribution >= 0.6 is 0 Å². The van der Waals surface area contributed by atoms with Gasteiger partial charge in [-0.1, -0.05) is 30.3 Å². The van der Waals surface area contributed by atoms with Crippen molar-refractivity contribution in [2.75, 3.05) is 0 Å². The van der Waals surface area contributed by atoms with Crippen molar-refractivity contribution in [3.05, 3.63) is 51.9 Å². The number of H-pyrrole nitrogens is 1. The topological polar surface area (TPSA) is 88.0 Å². The molecule has 6 heteroatoms. The summed E-state index contributed by atoms with van der Waals surface area (Å²) in [5.41, 5.74) is 0.974. The van der Waals surface area contributed by atoms with Crippen LogP contribution in [0.5, 0.6) is 0 Å². The normalized spacial score (nSPS) is 10.4. The third-order valence-corrected chi connectivity index (χ3v) is 2.56. The van der Waals surface area contributed by atoms with Crippen molar-refractivity contribution in [2.45, 2.75) is 19.4 Å². The first kappa shape index (κ1) is 12.1. The average Bonchev–Trinajstić information content (AvgIpc) is 2.70. The Kier molecular flexibility index (Phi) is 3.57. The number of aryl methyl sites for hydroxylation is 1. The molecule has 0 spiro atoms. The standard InChI is InChI=1S/C12H13N3O3/c16-11(17)7-6-10-12(18)15(14-13-10)8-9-4-2-1-3-5-9/h1-5,14H,6-8H2,(H,16,17). The van der Waals surface area contributed by atoms with Crippen molar-refractivity contribution >= 4 is 5.97 Å². The molecule has 0 unspecified atom stereocenters. The molecule has 0 atom stereocenters. The fourth-order valence-electron chi connectivity index (χ4n) is 1.63. The molecular formula is C12H13N3O3. The van der Waals surface area contributed by atoms with Crippen molar-refractivity contribution in [1.82, 2.24) is 15.0 Å². The number of aromatic amines is 1. The highest BCUT2D eigenvalue weighted by molar-refractivity contribution is 5.66. The summed E-state index contributed by atoms with van der Waals surface area (Å²) < 4.78 is 1.37. The molecule has 0 aliphatic heterocycles. The maximum atomic E-state index is 11.9. The van der Waals surface area contributed by atoms with E-state index in [0.29, 0.717) is 6.54 Å². The molecule has 2 rings (SSSR count). The van der Waals surface area contributed by atoms with Gasteiger partial charge < -0.3 is 5.11 Å². The summed E-state index contributed by atoms with van der Waals surface area (Å²) >= 11 is 0. The lowest BCUT2D eigenvalue weighted by molar-refractivity contribution is -0.136. The van der Waals surface area contributed by atoms with E-state index in [2.05, 4.69) is 10.3 Å². The molecule has 1 aromatic carbocycles. The Morgan fingerprint density at radius 2 is 2.06 bits per heavy atom. The maximum absolute atomic E-state index is 11.9. The Morgan fingerprint density at radius 1 is 1.33 bits per heavy atom. The van der Waals surface area contributed by atoms with Crippen LogP contribution in [-0.4, -0.2) is 26.1 Å². The smallest absolute Gasteiger partial charge is 0.303 e. The van der Waals surface area contributed by atoms with Gasteiger partial charge in [-0.3, -0.25) is 9.59 Å². The highest BCUT2D eigenvalue weighted by Crippen LogP contribution is 2.00. The van der Waals surface area contributed by atoms with Gasteiger partial charge >= 0.3 is 5.97 Å². The minimum Gasteiger partial charge on any atom is -0.481 e. The molecule has 1 heterocycles. The number of rotatable bonds is 5. The molecule has 0 amide bonds. The third-order valence-electron chi connectivity index (χ3n) is 2.56. The molecule has 0 aliphatic carbocycles. The van der Waals surface area contributed by atoms with E-state index in [9.17, 15) is 9.59 Å². The molecule has 94 valence electrons. The SMILES string of the molecule is O=C(O)CCc1n[nH]n(Cc2ccccc2)c1=O. The zero-order chi connectivity index (χ0) is 13.0. The van der Waals surface area contributed by atoms with E-state index >= 15 is 0 Å². The number of hydrogen-bond acceptors (Lipinski definition) is 3. The number of aliphatic carboxylic acids is 1. The largest absolute Gasteiger partial charge is 0.481 e. The Labute approximate surface area is 103 Å². The summed E-state index contributed by atoms with van der Waals surface area (Å²) in [6, 6.07) is 9.50. The van der Waals surface area contributed by atoms with E-state index in [-0.39, 0.29) is 24.1 Å². The van der Waals surface area contributed by atoms with E-state index in [0.717, 1.165) is 5.56 Å². The molecule has 0 saturated heterocycles. The Bertz CT molecular complexity index is 586. The van der Waals surface area contributed by atoms with Gasteiger partial charge in [-0.25, -0.2) is 9.90 Å². The predicted octanol–water partition coefficient (Wildman–Crippen LogP) is 0.637. The van der Waals surface area contributed by atoms with Gasteiger partial charge in [0.15, 0.2) is 0 Å². The van der Waals surface area contributed by atoms with Gasteiger partial charge in [0.1, 0.15) is 5.69 Å². The van der Waals surface area contributed by atoms with Crippen molar-refractivity contribution in [3.8, 4) is 0 Å². The quantitative estimate of drug-likeness (QED) is 0.811. The summed E-state index contributed by atoms with van der Waals surface area (Å²) in [5, 5.41) is 15.0. The number of aromatic nitrogens is 3. The summed E-state index contributed by atoms with van der Waals surface area (Å²) in [4.78, 5) is 22.3. The van der Waals surface area contributed by atoms with Gasteiger partial charge in [0, 0.05) is 6.42 Å². The van der Waals surface area contributed by atoms with E-state index in [1.54, 1.807) is 0 Å². The van der Waals surface area contributed by atoms with Crippen LogP contribution in [0.1, 0.15) is 17.7 Å². The second-order valence-corrected chi connectivity index (χ2v) is 3.93. The molecule has 1 aromatic heterocycles. The maximum Gasteiger partial charge on any atom is 0.303 e. The summed E-state index contributed by atoms with van der Waals surface area (Å²) in [6.07, 6.45) is 0.0535. The number of carbonyl (C=O) groups is 1. The van der Waals surface area contributed by atoms with Crippen LogP contribution in [0.4, 0.5) is 0 Å². The Balaban J connectivity index is 2.11. The molecule has 0 radical (unpaired) electrons. The van der Waals surface area contributed by atoms with Crippen LogP contribution in [0.15, 0.2) is 35.1 Å². The zero-order valence-corrected chi connectivity index (χ0v) is 9.67. The zero-order valence-electron chi connectivity index (χ0n) is 9.67. The molecule has 0 aliphatic rings. The van der Waals surface area contributed by atoms with E-state index in [1.165, 1.54) is 4.68 Å². The van der Waals surface area contributed by atoms with Gasteiger partial charge in [0.05, 0.1) is 13.0 Å². The first-order chi connectivity index (χ1) is 8.66. The number of hydrogen-bond donors (Lipinski definition) is 2. The lowest BCUT2D eigenvalue weighted by Crippen LogP contribution is -2.20. The number of carboxylic acids is 1. The first-order valence-corrected chi connectivity index (χ1v) is 5.56. The molecule has 0 saturated carbocycles. The molecule has 0 fully saturated rings. The highest BCUT2D eigenvalue weighted by Gasteiger charge is 2.09. The van der Waals surface area contributed by atoms with Crippen molar-refractivity contribution in [2.24, 2.45) is 0 Å². The van der Waals surface area contributed by atoms with Gasteiger partial charge in [0.25, 0.3) is 5.56 Å².